The zero-order valence-electron chi connectivity index (χ0n) is 16.1. The van der Waals surface area contributed by atoms with Crippen LogP contribution in [-0.4, -0.2) is 112 Å². The molecule has 0 atom stereocenters. The summed E-state index contributed by atoms with van der Waals surface area (Å²) in [6, 6.07) is 5.05. The quantitative estimate of drug-likeness (QED) is 0.777. The summed E-state index contributed by atoms with van der Waals surface area (Å²) in [5.74, 6) is -0.657. The van der Waals surface area contributed by atoms with Crippen molar-refractivity contribution in [3.63, 3.8) is 0 Å². The van der Waals surface area contributed by atoms with Gasteiger partial charge in [-0.05, 0) is 32.9 Å². The van der Waals surface area contributed by atoms with Crippen LogP contribution < -0.4 is 9.64 Å². The van der Waals surface area contributed by atoms with Crippen molar-refractivity contribution in [3.8, 4) is 5.75 Å². The topological polar surface area (TPSA) is 79.3 Å². The molecule has 0 saturated carbocycles. The molecular formula is C19H29KN2O5. The summed E-state index contributed by atoms with van der Waals surface area (Å²) in [4.78, 5) is 27.1. The Bertz CT molecular complexity index is 665. The zero-order chi connectivity index (χ0) is 19.5. The third kappa shape index (κ3) is 7.27. The van der Waals surface area contributed by atoms with E-state index in [1.807, 2.05) is 39.8 Å². The Morgan fingerprint density at radius 3 is 2.26 bits per heavy atom. The first-order chi connectivity index (χ1) is 12.1. The molecule has 1 fully saturated rings. The standard InChI is InChI=1S/C19H28N2O5.K.H/c1-19(2,3)26-18(24)21-10-8-14(9-11-21)25-16-12-13(20(4)5)6-7-15(16)17(22)23;;/h6-7,12,14H,8-11H2,1-5H3,(H,22,23);;. The van der Waals surface area contributed by atoms with E-state index in [9.17, 15) is 14.7 Å². The molecule has 1 aromatic rings. The molecule has 0 radical (unpaired) electrons. The molecule has 2 rings (SSSR count). The number of carbonyl (C=O) groups is 2. The number of benzene rings is 1. The number of hydrogen-bond donors (Lipinski definition) is 1. The molecule has 1 aromatic carbocycles. The van der Waals surface area contributed by atoms with Crippen LogP contribution in [0.15, 0.2) is 18.2 Å². The minimum absolute atomic E-state index is 0. The Labute approximate surface area is 203 Å². The number of hydrogen-bond acceptors (Lipinski definition) is 5. The van der Waals surface area contributed by atoms with Gasteiger partial charge in [-0.25, -0.2) is 9.59 Å². The Kier molecular flexibility index (Phi) is 9.08. The van der Waals surface area contributed by atoms with Crippen molar-refractivity contribution in [2.75, 3.05) is 32.1 Å². The van der Waals surface area contributed by atoms with Crippen molar-refractivity contribution in [1.82, 2.24) is 4.90 Å². The molecule has 146 valence electrons. The Hall–Kier alpha value is -0.804. The van der Waals surface area contributed by atoms with Gasteiger partial charge in [0, 0.05) is 51.8 Å². The predicted octanol–water partition coefficient (Wildman–Crippen LogP) is 2.58. The maximum atomic E-state index is 12.1. The van der Waals surface area contributed by atoms with E-state index in [2.05, 4.69) is 0 Å². The van der Waals surface area contributed by atoms with E-state index in [1.165, 1.54) is 0 Å². The number of carbonyl (C=O) groups excluding carboxylic acids is 1. The SMILES string of the molecule is CN(C)c1ccc(C(=O)O)c(OC2CCN(C(=O)OC(C)(C)C)CC2)c1.[KH]. The molecular weight excluding hydrogens is 375 g/mol. The summed E-state index contributed by atoms with van der Waals surface area (Å²) in [6.07, 6.45) is 0.801. The summed E-state index contributed by atoms with van der Waals surface area (Å²) < 4.78 is 11.4. The van der Waals surface area contributed by atoms with Gasteiger partial charge in [-0.1, -0.05) is 0 Å². The van der Waals surface area contributed by atoms with Crippen molar-refractivity contribution in [2.24, 2.45) is 0 Å². The molecule has 0 aliphatic carbocycles. The molecule has 1 N–H and O–H groups in total. The van der Waals surface area contributed by atoms with Crippen molar-refractivity contribution in [2.45, 2.75) is 45.3 Å². The number of nitrogens with zero attached hydrogens (tertiary/aromatic N) is 2. The second kappa shape index (κ2) is 10.1. The predicted molar refractivity (Wildman–Crippen MR) is 106 cm³/mol. The number of rotatable bonds is 4. The summed E-state index contributed by atoms with van der Waals surface area (Å²) in [5.41, 5.74) is 0.495. The van der Waals surface area contributed by atoms with Crippen molar-refractivity contribution < 1.29 is 24.2 Å². The summed E-state index contributed by atoms with van der Waals surface area (Å²) >= 11 is 0. The van der Waals surface area contributed by atoms with Crippen molar-refractivity contribution in [1.29, 1.82) is 0 Å². The number of carboxylic acids is 1. The first-order valence-electron chi connectivity index (χ1n) is 8.76. The van der Waals surface area contributed by atoms with Crippen LogP contribution in [0.2, 0.25) is 0 Å². The molecule has 0 spiro atoms. The molecule has 1 saturated heterocycles. The van der Waals surface area contributed by atoms with Gasteiger partial charge in [-0.15, -0.1) is 0 Å². The second-order valence-corrected chi connectivity index (χ2v) is 7.66. The zero-order valence-corrected chi connectivity index (χ0v) is 16.1. The number of anilines is 1. The van der Waals surface area contributed by atoms with E-state index >= 15 is 0 Å². The molecule has 1 amide bonds. The molecule has 7 nitrogen and oxygen atoms in total. The van der Waals surface area contributed by atoms with Gasteiger partial charge in [0.05, 0.1) is 0 Å². The van der Waals surface area contributed by atoms with Crippen LogP contribution in [0.1, 0.15) is 44.0 Å². The summed E-state index contributed by atoms with van der Waals surface area (Å²) in [5, 5.41) is 9.38. The van der Waals surface area contributed by atoms with E-state index in [0.29, 0.717) is 31.7 Å². The average Bonchev–Trinajstić information content (AvgIpc) is 2.53. The minimum atomic E-state index is -1.02. The van der Waals surface area contributed by atoms with Crippen molar-refractivity contribution in [3.05, 3.63) is 23.8 Å². The maximum absolute atomic E-state index is 12.1. The fourth-order valence-corrected chi connectivity index (χ4v) is 2.73. The van der Waals surface area contributed by atoms with E-state index in [-0.39, 0.29) is 69.1 Å². The molecule has 8 heteroatoms. The van der Waals surface area contributed by atoms with Gasteiger partial charge >= 0.3 is 63.4 Å². The monoisotopic (exact) mass is 404 g/mol. The van der Waals surface area contributed by atoms with Gasteiger partial charge in [0.2, 0.25) is 0 Å². The van der Waals surface area contributed by atoms with Gasteiger partial charge in [0.1, 0.15) is 23.0 Å². The van der Waals surface area contributed by atoms with Crippen LogP contribution in [0.5, 0.6) is 5.75 Å². The Morgan fingerprint density at radius 2 is 1.78 bits per heavy atom. The molecule has 27 heavy (non-hydrogen) atoms. The number of amides is 1. The second-order valence-electron chi connectivity index (χ2n) is 7.66. The van der Waals surface area contributed by atoms with E-state index in [1.54, 1.807) is 23.1 Å². The van der Waals surface area contributed by atoms with Gasteiger partial charge in [-0.3, -0.25) is 0 Å². The van der Waals surface area contributed by atoms with Gasteiger partial charge in [0.15, 0.2) is 0 Å². The first kappa shape index (κ1) is 24.2. The number of ether oxygens (including phenoxy) is 2. The Morgan fingerprint density at radius 1 is 1.19 bits per heavy atom. The van der Waals surface area contributed by atoms with E-state index in [0.717, 1.165) is 5.69 Å². The molecule has 0 bridgehead atoms. The van der Waals surface area contributed by atoms with Crippen LogP contribution in [0.25, 0.3) is 0 Å². The van der Waals surface area contributed by atoms with Crippen LogP contribution in [0, 0.1) is 0 Å². The summed E-state index contributed by atoms with van der Waals surface area (Å²) in [6.45, 7) is 6.56. The number of aromatic carboxylic acids is 1. The van der Waals surface area contributed by atoms with Crippen molar-refractivity contribution >= 4 is 69.1 Å². The Balaban J connectivity index is 0.00000364. The van der Waals surface area contributed by atoms with Crippen LogP contribution in [0.3, 0.4) is 0 Å². The average molecular weight is 405 g/mol. The number of carboxylic acid groups (broad SMARTS) is 1. The van der Waals surface area contributed by atoms with Crippen LogP contribution in [-0.2, 0) is 4.74 Å². The van der Waals surface area contributed by atoms with Crippen LogP contribution in [0.4, 0.5) is 10.5 Å². The summed E-state index contributed by atoms with van der Waals surface area (Å²) in [7, 11) is 3.78. The molecule has 1 aliphatic heterocycles. The normalized spacial score (nSPS) is 14.9. The third-order valence-corrected chi connectivity index (χ3v) is 4.10. The fourth-order valence-electron chi connectivity index (χ4n) is 2.73. The van der Waals surface area contributed by atoms with Gasteiger partial charge in [0.25, 0.3) is 0 Å². The van der Waals surface area contributed by atoms with Crippen LogP contribution >= 0.6 is 0 Å². The van der Waals surface area contributed by atoms with E-state index in [4.69, 9.17) is 9.47 Å². The number of likely N-dealkylation sites (tertiary alicyclic amines) is 1. The number of piperidine rings is 1. The van der Waals surface area contributed by atoms with E-state index < -0.39 is 11.6 Å². The first-order valence-corrected chi connectivity index (χ1v) is 8.76. The molecule has 0 aromatic heterocycles. The third-order valence-electron chi connectivity index (χ3n) is 4.10. The molecule has 0 unspecified atom stereocenters. The fraction of sp³-hybridized carbons (Fsp3) is 0.579. The van der Waals surface area contributed by atoms with Gasteiger partial charge < -0.3 is 24.4 Å². The molecule has 1 heterocycles. The van der Waals surface area contributed by atoms with Gasteiger partial charge in [-0.2, -0.15) is 0 Å². The molecule has 1 aliphatic rings.